The molecule has 98 valence electrons. The number of imidazole rings is 1. The Hall–Kier alpha value is -1.95. The predicted molar refractivity (Wildman–Crippen MR) is 76.6 cm³/mol. The van der Waals surface area contributed by atoms with Crippen LogP contribution in [0.4, 0.5) is 0 Å². The summed E-state index contributed by atoms with van der Waals surface area (Å²) in [5.74, 6) is 0.962. The Labute approximate surface area is 115 Å². The third kappa shape index (κ3) is 2.08. The molecule has 0 spiro atoms. The van der Waals surface area contributed by atoms with Gasteiger partial charge in [-0.05, 0) is 30.8 Å². The number of fused-ring (bicyclic) bond motifs is 1. The average Bonchev–Trinajstić information content (AvgIpc) is 2.92. The monoisotopic (exact) mass is 273 g/mol. The zero-order chi connectivity index (χ0) is 13.4. The van der Waals surface area contributed by atoms with Crippen LogP contribution in [0.25, 0.3) is 11.0 Å². The predicted octanol–water partition coefficient (Wildman–Crippen LogP) is 2.38. The number of para-hydroxylation sites is 1. The zero-order valence-electron chi connectivity index (χ0n) is 10.9. The molecule has 0 saturated heterocycles. The van der Waals surface area contributed by atoms with Crippen molar-refractivity contribution in [3.8, 4) is 0 Å². The molecule has 5 nitrogen and oxygen atoms in total. The SMILES string of the molecule is Cc1cccc2c1[nH]c(=S)n2CCc1nncn1C. The number of nitrogens with zero attached hydrogens (tertiary/aromatic N) is 4. The van der Waals surface area contributed by atoms with Crippen molar-refractivity contribution in [1.29, 1.82) is 0 Å². The highest BCUT2D eigenvalue weighted by Gasteiger charge is 2.07. The van der Waals surface area contributed by atoms with E-state index in [1.54, 1.807) is 6.33 Å². The van der Waals surface area contributed by atoms with Crippen molar-refractivity contribution in [3.05, 3.63) is 40.7 Å². The Bertz CT molecular complexity index is 780. The molecule has 0 saturated carbocycles. The van der Waals surface area contributed by atoms with Gasteiger partial charge in [0.05, 0.1) is 11.0 Å². The quantitative estimate of drug-likeness (QED) is 0.745. The second-order valence-electron chi connectivity index (χ2n) is 4.66. The van der Waals surface area contributed by atoms with Crippen LogP contribution in [-0.2, 0) is 20.0 Å². The van der Waals surface area contributed by atoms with Gasteiger partial charge in [0.1, 0.15) is 12.2 Å². The molecule has 3 rings (SSSR count). The van der Waals surface area contributed by atoms with E-state index >= 15 is 0 Å². The number of hydrogen-bond donors (Lipinski definition) is 1. The van der Waals surface area contributed by atoms with E-state index in [9.17, 15) is 0 Å². The molecule has 0 unspecified atom stereocenters. The fourth-order valence-electron chi connectivity index (χ4n) is 2.29. The minimum absolute atomic E-state index is 0.756. The minimum atomic E-state index is 0.756. The van der Waals surface area contributed by atoms with Crippen LogP contribution in [0, 0.1) is 11.7 Å². The molecule has 1 aromatic carbocycles. The normalized spacial score (nSPS) is 11.3. The fraction of sp³-hybridized carbons (Fsp3) is 0.308. The zero-order valence-corrected chi connectivity index (χ0v) is 11.7. The average molecular weight is 273 g/mol. The molecule has 0 aliphatic carbocycles. The van der Waals surface area contributed by atoms with Crippen LogP contribution in [0.5, 0.6) is 0 Å². The second kappa shape index (κ2) is 4.62. The standard InChI is InChI=1S/C13H15N5S/c1-9-4-3-5-10-12(9)15-13(19)18(10)7-6-11-16-14-8-17(11)2/h3-5,8H,6-7H2,1-2H3,(H,15,19). The first-order valence-corrected chi connectivity index (χ1v) is 6.58. The summed E-state index contributed by atoms with van der Waals surface area (Å²) in [5, 5.41) is 7.99. The van der Waals surface area contributed by atoms with E-state index < -0.39 is 0 Å². The molecule has 0 aliphatic rings. The summed E-state index contributed by atoms with van der Waals surface area (Å²) < 4.78 is 4.81. The summed E-state index contributed by atoms with van der Waals surface area (Å²) in [5.41, 5.74) is 3.47. The number of aryl methyl sites for hydroxylation is 4. The van der Waals surface area contributed by atoms with E-state index in [-0.39, 0.29) is 0 Å². The number of nitrogens with one attached hydrogen (secondary N) is 1. The van der Waals surface area contributed by atoms with Gasteiger partial charge in [0.25, 0.3) is 0 Å². The molecule has 0 atom stereocenters. The fourth-order valence-corrected chi connectivity index (χ4v) is 2.58. The number of aromatic amines is 1. The van der Waals surface area contributed by atoms with Gasteiger partial charge < -0.3 is 14.1 Å². The van der Waals surface area contributed by atoms with Gasteiger partial charge in [-0.25, -0.2) is 0 Å². The number of hydrogen-bond acceptors (Lipinski definition) is 3. The van der Waals surface area contributed by atoms with E-state index in [0.717, 1.165) is 34.6 Å². The summed E-state index contributed by atoms with van der Waals surface area (Å²) in [4.78, 5) is 3.27. The van der Waals surface area contributed by atoms with Crippen molar-refractivity contribution in [3.63, 3.8) is 0 Å². The summed E-state index contributed by atoms with van der Waals surface area (Å²) in [6.07, 6.45) is 2.53. The third-order valence-corrected chi connectivity index (χ3v) is 3.71. The Kier molecular flexibility index (Phi) is 2.94. The molecular weight excluding hydrogens is 258 g/mol. The van der Waals surface area contributed by atoms with Crippen molar-refractivity contribution < 1.29 is 0 Å². The van der Waals surface area contributed by atoms with Crippen LogP contribution < -0.4 is 0 Å². The van der Waals surface area contributed by atoms with Crippen LogP contribution in [0.3, 0.4) is 0 Å². The number of H-pyrrole nitrogens is 1. The van der Waals surface area contributed by atoms with Gasteiger partial charge in [0, 0.05) is 20.0 Å². The smallest absolute Gasteiger partial charge is 0.178 e. The van der Waals surface area contributed by atoms with Crippen LogP contribution >= 0.6 is 12.2 Å². The number of benzene rings is 1. The largest absolute Gasteiger partial charge is 0.330 e. The van der Waals surface area contributed by atoms with Crippen LogP contribution in [0.1, 0.15) is 11.4 Å². The summed E-state index contributed by atoms with van der Waals surface area (Å²) in [6.45, 7) is 2.88. The molecule has 0 bridgehead atoms. The highest BCUT2D eigenvalue weighted by Crippen LogP contribution is 2.18. The van der Waals surface area contributed by atoms with Crippen molar-refractivity contribution in [1.82, 2.24) is 24.3 Å². The van der Waals surface area contributed by atoms with Crippen LogP contribution in [0.15, 0.2) is 24.5 Å². The van der Waals surface area contributed by atoms with Crippen molar-refractivity contribution in [2.24, 2.45) is 7.05 Å². The van der Waals surface area contributed by atoms with Crippen molar-refractivity contribution in [2.45, 2.75) is 19.9 Å². The first-order valence-electron chi connectivity index (χ1n) is 6.18. The summed E-state index contributed by atoms with van der Waals surface area (Å²) in [6, 6.07) is 6.23. The molecule has 6 heteroatoms. The first kappa shape index (κ1) is 12.1. The molecule has 2 heterocycles. The van der Waals surface area contributed by atoms with Crippen LogP contribution in [0.2, 0.25) is 0 Å². The molecule has 0 fully saturated rings. The summed E-state index contributed by atoms with van der Waals surface area (Å²) >= 11 is 5.40. The maximum absolute atomic E-state index is 5.40. The molecular formula is C13H15N5S. The van der Waals surface area contributed by atoms with Crippen LogP contribution in [-0.4, -0.2) is 24.3 Å². The van der Waals surface area contributed by atoms with Gasteiger partial charge in [-0.15, -0.1) is 10.2 Å². The molecule has 3 aromatic rings. The first-order chi connectivity index (χ1) is 9.16. The number of aromatic nitrogens is 5. The van der Waals surface area contributed by atoms with E-state index in [2.05, 4.69) is 44.9 Å². The highest BCUT2D eigenvalue weighted by molar-refractivity contribution is 7.71. The second-order valence-corrected chi connectivity index (χ2v) is 5.05. The maximum Gasteiger partial charge on any atom is 0.178 e. The van der Waals surface area contributed by atoms with E-state index in [0.29, 0.717) is 0 Å². The third-order valence-electron chi connectivity index (χ3n) is 3.38. The number of rotatable bonds is 3. The van der Waals surface area contributed by atoms with Gasteiger partial charge >= 0.3 is 0 Å². The van der Waals surface area contributed by atoms with E-state index in [1.807, 2.05) is 11.6 Å². The topological polar surface area (TPSA) is 51.4 Å². The van der Waals surface area contributed by atoms with Gasteiger partial charge in [-0.3, -0.25) is 0 Å². The lowest BCUT2D eigenvalue weighted by atomic mass is 10.2. The van der Waals surface area contributed by atoms with Crippen molar-refractivity contribution >= 4 is 23.3 Å². The lowest BCUT2D eigenvalue weighted by Crippen LogP contribution is -2.05. The molecule has 0 radical (unpaired) electrons. The lowest BCUT2D eigenvalue weighted by Gasteiger charge is -2.04. The van der Waals surface area contributed by atoms with Gasteiger partial charge in [0.2, 0.25) is 0 Å². The Morgan fingerprint density at radius 3 is 2.95 bits per heavy atom. The van der Waals surface area contributed by atoms with Crippen molar-refractivity contribution in [2.75, 3.05) is 0 Å². The van der Waals surface area contributed by atoms with E-state index in [1.165, 1.54) is 5.56 Å². The minimum Gasteiger partial charge on any atom is -0.330 e. The molecule has 0 amide bonds. The Morgan fingerprint density at radius 2 is 2.21 bits per heavy atom. The van der Waals surface area contributed by atoms with Gasteiger partial charge in [0.15, 0.2) is 4.77 Å². The molecule has 1 N–H and O–H groups in total. The molecule has 2 aromatic heterocycles. The Balaban J connectivity index is 1.97. The summed E-state index contributed by atoms with van der Waals surface area (Å²) in [7, 11) is 1.95. The molecule has 19 heavy (non-hydrogen) atoms. The van der Waals surface area contributed by atoms with Gasteiger partial charge in [-0.1, -0.05) is 12.1 Å². The van der Waals surface area contributed by atoms with Gasteiger partial charge in [-0.2, -0.15) is 0 Å². The van der Waals surface area contributed by atoms with E-state index in [4.69, 9.17) is 12.2 Å². The highest BCUT2D eigenvalue weighted by atomic mass is 32.1. The lowest BCUT2D eigenvalue weighted by molar-refractivity contribution is 0.656. The maximum atomic E-state index is 5.40. The molecule has 0 aliphatic heterocycles. The Morgan fingerprint density at radius 1 is 1.37 bits per heavy atom.